The van der Waals surface area contributed by atoms with Gasteiger partial charge >= 0.3 is 0 Å². The fourth-order valence-electron chi connectivity index (χ4n) is 1.27. The van der Waals surface area contributed by atoms with Crippen molar-refractivity contribution < 1.29 is 4.74 Å². The van der Waals surface area contributed by atoms with Crippen LogP contribution in [0.2, 0.25) is 0 Å². The Hall–Kier alpha value is 0.230. The summed E-state index contributed by atoms with van der Waals surface area (Å²) < 4.78 is 6.80. The maximum absolute atomic E-state index is 5.54. The minimum absolute atomic E-state index is 0.734. The fourth-order valence-corrected chi connectivity index (χ4v) is 2.34. The molecular weight excluding hydrogens is 355 g/mol. The van der Waals surface area contributed by atoms with Crippen LogP contribution in [0.3, 0.4) is 0 Å². The van der Waals surface area contributed by atoms with E-state index >= 15 is 0 Å². The molecule has 0 amide bonds. The molecule has 78 valence electrons. The SMILES string of the molecule is CCOc1cccc(CCCBr)c1I. The van der Waals surface area contributed by atoms with Gasteiger partial charge in [0.05, 0.1) is 10.2 Å². The monoisotopic (exact) mass is 368 g/mol. The molecule has 0 heterocycles. The van der Waals surface area contributed by atoms with Gasteiger partial charge < -0.3 is 4.74 Å². The molecular formula is C11H14BrIO. The van der Waals surface area contributed by atoms with Crippen LogP contribution in [0.1, 0.15) is 18.9 Å². The van der Waals surface area contributed by atoms with Gasteiger partial charge in [-0.05, 0) is 54.0 Å². The third kappa shape index (κ3) is 3.42. The highest BCUT2D eigenvalue weighted by molar-refractivity contribution is 14.1. The van der Waals surface area contributed by atoms with E-state index in [-0.39, 0.29) is 0 Å². The molecule has 1 aromatic rings. The van der Waals surface area contributed by atoms with Gasteiger partial charge in [0.2, 0.25) is 0 Å². The van der Waals surface area contributed by atoms with Crippen molar-refractivity contribution in [1.29, 1.82) is 0 Å². The lowest BCUT2D eigenvalue weighted by atomic mass is 10.1. The first kappa shape index (κ1) is 12.3. The van der Waals surface area contributed by atoms with Gasteiger partial charge in [-0.2, -0.15) is 0 Å². The Balaban J connectivity index is 2.78. The van der Waals surface area contributed by atoms with E-state index in [0.717, 1.165) is 24.1 Å². The minimum Gasteiger partial charge on any atom is -0.493 e. The van der Waals surface area contributed by atoms with Crippen LogP contribution in [0.15, 0.2) is 18.2 Å². The number of ether oxygens (including phenoxy) is 1. The summed E-state index contributed by atoms with van der Waals surface area (Å²) >= 11 is 5.81. The molecule has 0 radical (unpaired) electrons. The molecule has 1 aromatic carbocycles. The number of hydrogen-bond acceptors (Lipinski definition) is 1. The second kappa shape index (κ2) is 6.67. The van der Waals surface area contributed by atoms with E-state index in [4.69, 9.17) is 4.74 Å². The van der Waals surface area contributed by atoms with Crippen molar-refractivity contribution in [2.45, 2.75) is 19.8 Å². The average Bonchev–Trinajstić information content (AvgIpc) is 2.20. The summed E-state index contributed by atoms with van der Waals surface area (Å²) in [5.41, 5.74) is 1.39. The van der Waals surface area contributed by atoms with E-state index in [1.807, 2.05) is 13.0 Å². The predicted octanol–water partition coefficient (Wildman–Crippen LogP) is 4.02. The summed E-state index contributed by atoms with van der Waals surface area (Å²) in [6.07, 6.45) is 2.29. The third-order valence-electron chi connectivity index (χ3n) is 1.92. The molecule has 1 rings (SSSR count). The summed E-state index contributed by atoms with van der Waals surface area (Å²) in [4.78, 5) is 0. The second-order valence-electron chi connectivity index (χ2n) is 2.95. The summed E-state index contributed by atoms with van der Waals surface area (Å²) in [6.45, 7) is 2.75. The first-order valence-corrected chi connectivity index (χ1v) is 6.95. The van der Waals surface area contributed by atoms with Crippen LogP contribution in [0.4, 0.5) is 0 Å². The Kier molecular flexibility index (Phi) is 5.86. The topological polar surface area (TPSA) is 9.23 Å². The summed E-state index contributed by atoms with van der Waals surface area (Å²) in [7, 11) is 0. The van der Waals surface area contributed by atoms with E-state index in [1.165, 1.54) is 15.6 Å². The van der Waals surface area contributed by atoms with E-state index in [0.29, 0.717) is 0 Å². The van der Waals surface area contributed by atoms with Gasteiger partial charge in [0.1, 0.15) is 5.75 Å². The number of rotatable bonds is 5. The van der Waals surface area contributed by atoms with Crippen molar-refractivity contribution in [3.8, 4) is 5.75 Å². The van der Waals surface area contributed by atoms with Crippen LogP contribution in [-0.4, -0.2) is 11.9 Å². The number of hydrogen-bond donors (Lipinski definition) is 0. The molecule has 3 heteroatoms. The molecule has 0 aliphatic carbocycles. The Morgan fingerprint density at radius 2 is 2.21 bits per heavy atom. The predicted molar refractivity (Wildman–Crippen MR) is 72.4 cm³/mol. The highest BCUT2D eigenvalue weighted by atomic mass is 127. The molecule has 0 N–H and O–H groups in total. The van der Waals surface area contributed by atoms with Crippen LogP contribution >= 0.6 is 38.5 Å². The van der Waals surface area contributed by atoms with Crippen LogP contribution in [0.25, 0.3) is 0 Å². The van der Waals surface area contributed by atoms with Gasteiger partial charge in [0, 0.05) is 5.33 Å². The molecule has 0 spiro atoms. The van der Waals surface area contributed by atoms with E-state index in [2.05, 4.69) is 50.7 Å². The lowest BCUT2D eigenvalue weighted by Crippen LogP contribution is -1.97. The van der Waals surface area contributed by atoms with E-state index < -0.39 is 0 Å². The smallest absolute Gasteiger partial charge is 0.132 e. The van der Waals surface area contributed by atoms with Crippen LogP contribution in [0, 0.1) is 3.57 Å². The lowest BCUT2D eigenvalue weighted by Gasteiger charge is -2.09. The maximum Gasteiger partial charge on any atom is 0.132 e. The molecule has 1 nitrogen and oxygen atoms in total. The Morgan fingerprint density at radius 3 is 2.86 bits per heavy atom. The van der Waals surface area contributed by atoms with Gasteiger partial charge in [0.15, 0.2) is 0 Å². The number of aryl methyl sites for hydroxylation is 1. The molecule has 0 aromatic heterocycles. The maximum atomic E-state index is 5.54. The molecule has 0 saturated carbocycles. The molecule has 0 bridgehead atoms. The van der Waals surface area contributed by atoms with Crippen LogP contribution < -0.4 is 4.74 Å². The lowest BCUT2D eigenvalue weighted by molar-refractivity contribution is 0.337. The van der Waals surface area contributed by atoms with Crippen molar-refractivity contribution in [2.75, 3.05) is 11.9 Å². The van der Waals surface area contributed by atoms with Crippen molar-refractivity contribution in [3.63, 3.8) is 0 Å². The molecule has 0 saturated heterocycles. The summed E-state index contributed by atoms with van der Waals surface area (Å²) in [5, 5.41) is 1.06. The highest BCUT2D eigenvalue weighted by Crippen LogP contribution is 2.25. The standard InChI is InChI=1S/C11H14BrIO/c1-2-14-10-7-3-5-9(11(10)13)6-4-8-12/h3,5,7H,2,4,6,8H2,1H3. The van der Waals surface area contributed by atoms with Gasteiger partial charge in [-0.1, -0.05) is 28.1 Å². The van der Waals surface area contributed by atoms with Crippen molar-refractivity contribution in [2.24, 2.45) is 0 Å². The van der Waals surface area contributed by atoms with Crippen molar-refractivity contribution in [3.05, 3.63) is 27.3 Å². The van der Waals surface area contributed by atoms with Gasteiger partial charge in [0.25, 0.3) is 0 Å². The van der Waals surface area contributed by atoms with E-state index in [9.17, 15) is 0 Å². The molecule has 14 heavy (non-hydrogen) atoms. The number of benzene rings is 1. The van der Waals surface area contributed by atoms with Gasteiger partial charge in [-0.15, -0.1) is 0 Å². The van der Waals surface area contributed by atoms with Gasteiger partial charge in [-0.3, -0.25) is 0 Å². The highest BCUT2D eigenvalue weighted by Gasteiger charge is 2.05. The van der Waals surface area contributed by atoms with Crippen LogP contribution in [-0.2, 0) is 6.42 Å². The van der Waals surface area contributed by atoms with E-state index in [1.54, 1.807) is 0 Å². The number of halogens is 2. The van der Waals surface area contributed by atoms with Crippen molar-refractivity contribution >= 4 is 38.5 Å². The molecule has 0 fully saturated rings. The first-order valence-electron chi connectivity index (χ1n) is 4.75. The second-order valence-corrected chi connectivity index (χ2v) is 4.83. The quantitative estimate of drug-likeness (QED) is 0.563. The Morgan fingerprint density at radius 1 is 1.43 bits per heavy atom. The molecule has 0 atom stereocenters. The Bertz CT molecular complexity index is 289. The molecule has 0 aliphatic rings. The number of alkyl halides is 1. The summed E-state index contributed by atoms with van der Waals surface area (Å²) in [6, 6.07) is 6.27. The summed E-state index contributed by atoms with van der Waals surface area (Å²) in [5.74, 6) is 1.01. The first-order chi connectivity index (χ1) is 6.79. The third-order valence-corrected chi connectivity index (χ3v) is 3.71. The zero-order valence-electron chi connectivity index (χ0n) is 8.22. The zero-order chi connectivity index (χ0) is 10.4. The largest absolute Gasteiger partial charge is 0.493 e. The van der Waals surface area contributed by atoms with Crippen molar-refractivity contribution in [1.82, 2.24) is 0 Å². The van der Waals surface area contributed by atoms with Crippen LogP contribution in [0.5, 0.6) is 5.75 Å². The Labute approximate surface area is 107 Å². The molecule has 0 unspecified atom stereocenters. The fraction of sp³-hybridized carbons (Fsp3) is 0.455. The van der Waals surface area contributed by atoms with Gasteiger partial charge in [-0.25, -0.2) is 0 Å². The normalized spacial score (nSPS) is 10.2. The minimum atomic E-state index is 0.734. The molecule has 0 aliphatic heterocycles. The average molecular weight is 369 g/mol. The zero-order valence-corrected chi connectivity index (χ0v) is 12.0.